The van der Waals surface area contributed by atoms with E-state index in [2.05, 4.69) is 5.32 Å². The molecule has 0 aliphatic carbocycles. The Labute approximate surface area is 190 Å². The van der Waals surface area contributed by atoms with E-state index in [0.717, 1.165) is 4.90 Å². The van der Waals surface area contributed by atoms with Crippen molar-refractivity contribution in [2.75, 3.05) is 31.7 Å². The highest BCUT2D eigenvalue weighted by Gasteiger charge is 2.49. The van der Waals surface area contributed by atoms with Crippen LogP contribution in [0.5, 0.6) is 5.75 Å². The van der Waals surface area contributed by atoms with Crippen molar-refractivity contribution in [3.63, 3.8) is 0 Å². The molecule has 0 saturated carbocycles. The van der Waals surface area contributed by atoms with E-state index < -0.39 is 48.3 Å². The summed E-state index contributed by atoms with van der Waals surface area (Å²) < 4.78 is 23.2. The van der Waals surface area contributed by atoms with E-state index in [1.165, 1.54) is 43.2 Å². The minimum absolute atomic E-state index is 0.273. The van der Waals surface area contributed by atoms with Crippen molar-refractivity contribution in [3.8, 4) is 5.75 Å². The van der Waals surface area contributed by atoms with Gasteiger partial charge in [-0.05, 0) is 55.8 Å². The summed E-state index contributed by atoms with van der Waals surface area (Å²) in [6.45, 7) is 2.28. The van der Waals surface area contributed by atoms with E-state index in [0.29, 0.717) is 17.0 Å². The number of urea groups is 1. The molecule has 33 heavy (non-hydrogen) atoms. The normalized spacial score (nSPS) is 17.5. The number of likely N-dealkylation sites (N-methyl/N-ethyl adjacent to an activating group) is 1. The number of halogens is 1. The van der Waals surface area contributed by atoms with Crippen LogP contribution >= 0.6 is 0 Å². The molecule has 3 rings (SSSR count). The summed E-state index contributed by atoms with van der Waals surface area (Å²) in [6.07, 6.45) is 0. The number of hydrogen-bond donors (Lipinski definition) is 1. The predicted octanol–water partition coefficient (Wildman–Crippen LogP) is 2.20. The van der Waals surface area contributed by atoms with Gasteiger partial charge in [-0.1, -0.05) is 12.1 Å². The van der Waals surface area contributed by atoms with Crippen molar-refractivity contribution in [1.29, 1.82) is 0 Å². The van der Waals surface area contributed by atoms with Crippen LogP contribution < -0.4 is 15.0 Å². The van der Waals surface area contributed by atoms with Crippen molar-refractivity contribution in [2.24, 2.45) is 0 Å². The third-order valence-electron chi connectivity index (χ3n) is 5.34. The lowest BCUT2D eigenvalue weighted by Crippen LogP contribution is -2.42. The Balaban J connectivity index is 1.61. The number of rotatable bonds is 8. The molecule has 1 N–H and O–H groups in total. The first-order valence-electron chi connectivity index (χ1n) is 10.2. The predicted molar refractivity (Wildman–Crippen MR) is 116 cm³/mol. The number of carbonyl (C=O) groups is 4. The van der Waals surface area contributed by atoms with Gasteiger partial charge >= 0.3 is 12.0 Å². The lowest BCUT2D eigenvalue weighted by molar-refractivity contribution is -0.150. The second-order valence-electron chi connectivity index (χ2n) is 7.45. The Bertz CT molecular complexity index is 1060. The quantitative estimate of drug-likeness (QED) is 0.481. The molecule has 0 bridgehead atoms. The van der Waals surface area contributed by atoms with Crippen LogP contribution in [0.25, 0.3) is 0 Å². The van der Waals surface area contributed by atoms with E-state index in [9.17, 15) is 23.6 Å². The first-order valence-corrected chi connectivity index (χ1v) is 10.2. The zero-order valence-electron chi connectivity index (χ0n) is 18.5. The van der Waals surface area contributed by atoms with Crippen molar-refractivity contribution < 1.29 is 33.0 Å². The van der Waals surface area contributed by atoms with Crippen molar-refractivity contribution >= 4 is 29.5 Å². The topological polar surface area (TPSA) is 105 Å². The van der Waals surface area contributed by atoms with Crippen LogP contribution in [0.2, 0.25) is 0 Å². The molecule has 174 valence electrons. The molecule has 2 aromatic carbocycles. The number of nitrogens with one attached hydrogen (secondary N) is 1. The molecule has 1 fully saturated rings. The van der Waals surface area contributed by atoms with E-state index in [1.807, 2.05) is 0 Å². The Morgan fingerprint density at radius 2 is 1.73 bits per heavy atom. The third-order valence-corrected chi connectivity index (χ3v) is 5.34. The highest BCUT2D eigenvalue weighted by Crippen LogP contribution is 2.30. The van der Waals surface area contributed by atoms with Gasteiger partial charge in [0.1, 0.15) is 23.7 Å². The number of benzene rings is 2. The minimum Gasteiger partial charge on any atom is -0.497 e. The molecule has 10 heteroatoms. The monoisotopic (exact) mass is 457 g/mol. The lowest BCUT2D eigenvalue weighted by atomic mass is 9.92. The second-order valence-corrected chi connectivity index (χ2v) is 7.45. The number of amides is 4. The Morgan fingerprint density at radius 1 is 1.09 bits per heavy atom. The number of methoxy groups -OCH3 is 1. The third kappa shape index (κ3) is 4.94. The maximum absolute atomic E-state index is 13.1. The highest BCUT2D eigenvalue weighted by atomic mass is 19.1. The Hall–Kier alpha value is -3.95. The van der Waals surface area contributed by atoms with Gasteiger partial charge in [-0.3, -0.25) is 19.3 Å². The van der Waals surface area contributed by atoms with Crippen molar-refractivity contribution in [3.05, 3.63) is 59.9 Å². The highest BCUT2D eigenvalue weighted by molar-refractivity contribution is 6.09. The summed E-state index contributed by atoms with van der Waals surface area (Å²) in [7, 11) is 1.51. The SMILES string of the molecule is CCN(C(=O)COC(=O)CN1C(=O)N[C@@](C)(c2ccc(OC)cc2)C1=O)c1ccc(F)cc1. The Kier molecular flexibility index (Phi) is 6.95. The van der Waals surface area contributed by atoms with Crippen LogP contribution in [0.15, 0.2) is 48.5 Å². The molecule has 0 unspecified atom stereocenters. The minimum atomic E-state index is -1.36. The zero-order valence-corrected chi connectivity index (χ0v) is 18.5. The molecule has 1 saturated heterocycles. The van der Waals surface area contributed by atoms with E-state index in [1.54, 1.807) is 31.2 Å². The molecule has 1 aliphatic heterocycles. The average Bonchev–Trinajstić information content (AvgIpc) is 3.03. The number of hydrogen-bond acceptors (Lipinski definition) is 6. The summed E-state index contributed by atoms with van der Waals surface area (Å²) in [4.78, 5) is 52.1. The number of anilines is 1. The fourth-order valence-electron chi connectivity index (χ4n) is 3.48. The van der Waals surface area contributed by atoms with Gasteiger partial charge in [0.05, 0.1) is 7.11 Å². The van der Waals surface area contributed by atoms with Crippen molar-refractivity contribution in [2.45, 2.75) is 19.4 Å². The van der Waals surface area contributed by atoms with Crippen LogP contribution in [0.3, 0.4) is 0 Å². The molecule has 4 amide bonds. The summed E-state index contributed by atoms with van der Waals surface area (Å²) in [5, 5.41) is 2.59. The van der Waals surface area contributed by atoms with Crippen LogP contribution in [0.1, 0.15) is 19.4 Å². The molecule has 0 aromatic heterocycles. The molecule has 1 heterocycles. The zero-order chi connectivity index (χ0) is 24.2. The van der Waals surface area contributed by atoms with Gasteiger partial charge in [0.2, 0.25) is 0 Å². The standard InChI is InChI=1S/C23H24FN3O6/c1-4-26(17-9-7-16(24)8-10-17)19(28)14-33-20(29)13-27-21(30)23(2,25-22(27)31)15-5-11-18(32-3)12-6-15/h5-12H,4,13-14H2,1-3H3,(H,25,31)/t23-/m0/s1. The number of esters is 1. The van der Waals surface area contributed by atoms with Gasteiger partial charge in [-0.15, -0.1) is 0 Å². The molecule has 2 aromatic rings. The fourth-order valence-corrected chi connectivity index (χ4v) is 3.48. The largest absolute Gasteiger partial charge is 0.497 e. The lowest BCUT2D eigenvalue weighted by Gasteiger charge is -2.22. The number of imide groups is 1. The summed E-state index contributed by atoms with van der Waals surface area (Å²) in [5.74, 6) is -1.92. The Morgan fingerprint density at radius 3 is 2.30 bits per heavy atom. The molecule has 9 nitrogen and oxygen atoms in total. The van der Waals surface area contributed by atoms with E-state index >= 15 is 0 Å². The summed E-state index contributed by atoms with van der Waals surface area (Å²) in [5.41, 5.74) is -0.393. The van der Waals surface area contributed by atoms with Crippen LogP contribution in [-0.4, -0.2) is 55.5 Å². The van der Waals surface area contributed by atoms with Gasteiger partial charge in [0.15, 0.2) is 6.61 Å². The molecular formula is C23H24FN3O6. The maximum Gasteiger partial charge on any atom is 0.326 e. The number of nitrogens with zero attached hydrogens (tertiary/aromatic N) is 2. The molecule has 0 spiro atoms. The number of carbonyl (C=O) groups excluding carboxylic acids is 4. The molecule has 0 radical (unpaired) electrons. The fraction of sp³-hybridized carbons (Fsp3) is 0.304. The van der Waals surface area contributed by atoms with Crippen LogP contribution in [0.4, 0.5) is 14.9 Å². The first-order chi connectivity index (χ1) is 15.7. The molecule has 1 aliphatic rings. The molecule has 1 atom stereocenters. The van der Waals surface area contributed by atoms with Gasteiger partial charge in [-0.25, -0.2) is 9.18 Å². The van der Waals surface area contributed by atoms with Gasteiger partial charge < -0.3 is 19.7 Å². The van der Waals surface area contributed by atoms with E-state index in [-0.39, 0.29) is 6.54 Å². The second kappa shape index (κ2) is 9.68. The van der Waals surface area contributed by atoms with E-state index in [4.69, 9.17) is 9.47 Å². The van der Waals surface area contributed by atoms with Crippen molar-refractivity contribution in [1.82, 2.24) is 10.2 Å². The maximum atomic E-state index is 13.1. The van der Waals surface area contributed by atoms with Gasteiger partial charge in [0.25, 0.3) is 11.8 Å². The van der Waals surface area contributed by atoms with Crippen LogP contribution in [-0.2, 0) is 24.7 Å². The molecular weight excluding hydrogens is 433 g/mol. The van der Waals surface area contributed by atoms with Gasteiger partial charge in [0, 0.05) is 12.2 Å². The van der Waals surface area contributed by atoms with Gasteiger partial charge in [-0.2, -0.15) is 0 Å². The average molecular weight is 457 g/mol. The summed E-state index contributed by atoms with van der Waals surface area (Å²) >= 11 is 0. The number of ether oxygens (including phenoxy) is 2. The first kappa shape index (κ1) is 23.7. The van der Waals surface area contributed by atoms with Crippen LogP contribution in [0, 0.1) is 5.82 Å². The summed E-state index contributed by atoms with van der Waals surface area (Å²) in [6, 6.07) is 11.2. The smallest absolute Gasteiger partial charge is 0.326 e.